The largest absolute Gasteiger partial charge is 0.381 e. The number of halogens is 2. The first-order chi connectivity index (χ1) is 11.6. The fraction of sp³-hybridized carbons (Fsp3) is 0.667. The van der Waals surface area contributed by atoms with Gasteiger partial charge in [-0.2, -0.15) is 0 Å². The average Bonchev–Trinajstić information content (AvgIpc) is 2.93. The van der Waals surface area contributed by atoms with Crippen LogP contribution in [-0.4, -0.2) is 52.2 Å². The first-order valence-electron chi connectivity index (χ1n) is 8.11. The third kappa shape index (κ3) is 4.12. The topological polar surface area (TPSA) is 87.6 Å². The number of ether oxygens (including phenoxy) is 2. The van der Waals surface area contributed by atoms with Crippen molar-refractivity contribution in [1.82, 2.24) is 19.6 Å². The Bertz CT molecular complexity index is 671. The predicted molar refractivity (Wildman–Crippen MR) is 87.9 cm³/mol. The number of nitrogen functional groups attached to an aromatic ring is 1. The predicted octanol–water partition coefficient (Wildman–Crippen LogP) is 2.39. The minimum absolute atomic E-state index is 0.222. The molecule has 0 aliphatic carbocycles. The third-order valence-electron chi connectivity index (χ3n) is 4.08. The van der Waals surface area contributed by atoms with Crippen molar-refractivity contribution in [3.63, 3.8) is 0 Å². The molecule has 2 aliphatic rings. The molecule has 2 aliphatic heterocycles. The molecule has 0 radical (unpaired) electrons. The monoisotopic (exact) mass is 357 g/mol. The molecule has 24 heavy (non-hydrogen) atoms. The number of alkyl halides is 1. The molecule has 0 aromatic carbocycles. The van der Waals surface area contributed by atoms with E-state index >= 15 is 0 Å². The number of aromatic nitrogens is 4. The lowest BCUT2D eigenvalue weighted by molar-refractivity contribution is 0.0366. The quantitative estimate of drug-likeness (QED) is 0.843. The minimum Gasteiger partial charge on any atom is -0.381 e. The number of rotatable bonds is 1. The van der Waals surface area contributed by atoms with Crippen LogP contribution in [0.25, 0.3) is 5.52 Å². The van der Waals surface area contributed by atoms with Crippen molar-refractivity contribution in [2.75, 3.05) is 32.2 Å². The first kappa shape index (κ1) is 17.3. The maximum absolute atomic E-state index is 12.1. The third-order valence-corrected chi connectivity index (χ3v) is 4.36. The van der Waals surface area contributed by atoms with Gasteiger partial charge in [-0.05, 0) is 25.7 Å². The molecule has 0 bridgehead atoms. The van der Waals surface area contributed by atoms with Gasteiger partial charge in [-0.15, -0.1) is 5.10 Å². The van der Waals surface area contributed by atoms with Crippen LogP contribution in [0.1, 0.15) is 37.4 Å². The van der Waals surface area contributed by atoms with Gasteiger partial charge >= 0.3 is 0 Å². The van der Waals surface area contributed by atoms with Gasteiger partial charge in [0.25, 0.3) is 0 Å². The van der Waals surface area contributed by atoms with E-state index in [1.165, 1.54) is 0 Å². The van der Waals surface area contributed by atoms with E-state index < -0.39 is 6.17 Å². The summed E-state index contributed by atoms with van der Waals surface area (Å²) in [6, 6.07) is 0. The molecule has 4 heterocycles. The van der Waals surface area contributed by atoms with E-state index in [0.717, 1.165) is 44.9 Å². The van der Waals surface area contributed by atoms with Crippen LogP contribution in [-0.2, 0) is 9.47 Å². The van der Waals surface area contributed by atoms with E-state index in [1.807, 2.05) is 0 Å². The molecule has 1 unspecified atom stereocenters. The molecule has 0 saturated carbocycles. The van der Waals surface area contributed by atoms with Crippen LogP contribution in [0, 0.1) is 0 Å². The number of nitrogens with two attached hydrogens (primary N) is 1. The Kier molecular flexibility index (Phi) is 5.80. The molecule has 2 N–H and O–H groups in total. The lowest BCUT2D eigenvalue weighted by Gasteiger charge is -2.20. The summed E-state index contributed by atoms with van der Waals surface area (Å²) in [6.07, 6.45) is 4.36. The van der Waals surface area contributed by atoms with Gasteiger partial charge in [-0.3, -0.25) is 0 Å². The highest BCUT2D eigenvalue weighted by Gasteiger charge is 2.23. The van der Waals surface area contributed by atoms with Crippen molar-refractivity contribution in [2.45, 2.75) is 37.8 Å². The summed E-state index contributed by atoms with van der Waals surface area (Å²) >= 11 is 6.07. The molecule has 2 aromatic heterocycles. The van der Waals surface area contributed by atoms with E-state index in [4.69, 9.17) is 26.8 Å². The summed E-state index contributed by atoms with van der Waals surface area (Å²) in [7, 11) is 0. The van der Waals surface area contributed by atoms with Gasteiger partial charge in [0, 0.05) is 25.7 Å². The fourth-order valence-electron chi connectivity index (χ4n) is 2.81. The summed E-state index contributed by atoms with van der Waals surface area (Å²) in [5, 5.41) is 4.59. The molecule has 0 amide bonds. The summed E-state index contributed by atoms with van der Waals surface area (Å²) in [4.78, 5) is 8.29. The maximum Gasteiger partial charge on any atom is 0.238 e. The smallest absolute Gasteiger partial charge is 0.238 e. The zero-order valence-corrected chi connectivity index (χ0v) is 14.1. The van der Waals surface area contributed by atoms with E-state index in [1.54, 1.807) is 10.7 Å². The molecule has 132 valence electrons. The number of hydrogen-bond donors (Lipinski definition) is 1. The molecule has 9 heteroatoms. The van der Waals surface area contributed by atoms with Crippen molar-refractivity contribution in [1.29, 1.82) is 0 Å². The van der Waals surface area contributed by atoms with Crippen molar-refractivity contribution < 1.29 is 13.9 Å². The van der Waals surface area contributed by atoms with Crippen LogP contribution >= 0.6 is 11.6 Å². The summed E-state index contributed by atoms with van der Waals surface area (Å²) in [5.41, 5.74) is 6.29. The molecule has 2 aromatic rings. The lowest BCUT2D eigenvalue weighted by atomic mass is 10.00. The van der Waals surface area contributed by atoms with Crippen LogP contribution in [0.4, 0.5) is 10.3 Å². The Morgan fingerprint density at radius 2 is 2.00 bits per heavy atom. The molecule has 0 spiro atoms. The van der Waals surface area contributed by atoms with E-state index in [9.17, 15) is 4.39 Å². The molecule has 2 saturated heterocycles. The molecule has 4 rings (SSSR count). The Hall–Kier alpha value is -1.51. The van der Waals surface area contributed by atoms with Crippen LogP contribution in [0.2, 0.25) is 5.15 Å². The molecular formula is C15H21ClFN5O2. The number of hydrogen-bond acceptors (Lipinski definition) is 6. The SMILES string of the molecule is FC1CCCOC1.Nc1ncc2c(Cl)nc(C3CCOCC3)n2n1. The summed E-state index contributed by atoms with van der Waals surface area (Å²) in [5.74, 6) is 1.39. The number of imidazole rings is 1. The normalized spacial score (nSPS) is 22.2. The number of anilines is 1. The number of nitrogens with zero attached hydrogens (tertiary/aromatic N) is 4. The Labute approximate surface area is 144 Å². The van der Waals surface area contributed by atoms with Crippen LogP contribution in [0.15, 0.2) is 6.20 Å². The van der Waals surface area contributed by atoms with E-state index in [-0.39, 0.29) is 5.95 Å². The van der Waals surface area contributed by atoms with Crippen molar-refractivity contribution >= 4 is 23.1 Å². The average molecular weight is 358 g/mol. The van der Waals surface area contributed by atoms with Gasteiger partial charge in [0.15, 0.2) is 5.15 Å². The van der Waals surface area contributed by atoms with Gasteiger partial charge in [-0.25, -0.2) is 18.9 Å². The second-order valence-electron chi connectivity index (χ2n) is 5.88. The molecule has 2 fully saturated rings. The van der Waals surface area contributed by atoms with Gasteiger partial charge in [-0.1, -0.05) is 11.6 Å². The van der Waals surface area contributed by atoms with Crippen LogP contribution < -0.4 is 5.73 Å². The maximum atomic E-state index is 12.1. The first-order valence-corrected chi connectivity index (χ1v) is 8.49. The second-order valence-corrected chi connectivity index (χ2v) is 6.23. The van der Waals surface area contributed by atoms with Gasteiger partial charge in [0.05, 0.1) is 12.8 Å². The summed E-state index contributed by atoms with van der Waals surface area (Å²) in [6.45, 7) is 2.57. The molecule has 1 atom stereocenters. The minimum atomic E-state index is -0.686. The van der Waals surface area contributed by atoms with Gasteiger partial charge in [0.1, 0.15) is 17.5 Å². The highest BCUT2D eigenvalue weighted by atomic mass is 35.5. The zero-order chi connectivity index (χ0) is 16.9. The van der Waals surface area contributed by atoms with Crippen LogP contribution in [0.3, 0.4) is 0 Å². The number of fused-ring (bicyclic) bond motifs is 1. The van der Waals surface area contributed by atoms with E-state index in [0.29, 0.717) is 29.6 Å². The van der Waals surface area contributed by atoms with Gasteiger partial charge in [0.2, 0.25) is 5.95 Å². The Morgan fingerprint density at radius 3 is 2.62 bits per heavy atom. The van der Waals surface area contributed by atoms with Crippen molar-refractivity contribution in [2.24, 2.45) is 0 Å². The Balaban J connectivity index is 0.000000203. The lowest BCUT2D eigenvalue weighted by Crippen LogP contribution is -2.17. The van der Waals surface area contributed by atoms with Gasteiger partial charge < -0.3 is 15.2 Å². The molecule has 7 nitrogen and oxygen atoms in total. The Morgan fingerprint density at radius 1 is 1.21 bits per heavy atom. The van der Waals surface area contributed by atoms with Crippen molar-refractivity contribution in [3.8, 4) is 0 Å². The van der Waals surface area contributed by atoms with Crippen LogP contribution in [0.5, 0.6) is 0 Å². The highest BCUT2D eigenvalue weighted by Crippen LogP contribution is 2.29. The fourth-order valence-corrected chi connectivity index (χ4v) is 3.02. The standard InChI is InChI=1S/C10H12ClN5O.C5H9FO/c11-8-7-5-13-10(12)15-16(7)9(14-8)6-1-3-17-4-2-6;6-5-2-1-3-7-4-5/h5-6H,1-4H2,(H2,12,15);5H,1-4H2. The zero-order valence-electron chi connectivity index (χ0n) is 13.3. The highest BCUT2D eigenvalue weighted by molar-refractivity contribution is 6.32. The molecular weight excluding hydrogens is 337 g/mol. The second kappa shape index (κ2) is 8.04. The van der Waals surface area contributed by atoms with Crippen molar-refractivity contribution in [3.05, 3.63) is 17.2 Å². The summed E-state index contributed by atoms with van der Waals surface area (Å²) < 4.78 is 23.9. The van der Waals surface area contributed by atoms with E-state index in [2.05, 4.69) is 15.1 Å².